The van der Waals surface area contributed by atoms with Crippen molar-refractivity contribution < 1.29 is 4.79 Å². The summed E-state index contributed by atoms with van der Waals surface area (Å²) < 4.78 is 0. The van der Waals surface area contributed by atoms with Gasteiger partial charge in [0.05, 0.1) is 22.0 Å². The highest BCUT2D eigenvalue weighted by molar-refractivity contribution is 6.41. The Morgan fingerprint density at radius 3 is 2.64 bits per heavy atom. The van der Waals surface area contributed by atoms with Gasteiger partial charge in [-0.25, -0.2) is 4.98 Å². The van der Waals surface area contributed by atoms with E-state index < -0.39 is 0 Å². The van der Waals surface area contributed by atoms with Crippen LogP contribution >= 0.6 is 23.2 Å². The van der Waals surface area contributed by atoms with Crippen LogP contribution in [0.3, 0.4) is 0 Å². The first kappa shape index (κ1) is 15.1. The van der Waals surface area contributed by atoms with Crippen LogP contribution in [0, 0.1) is 0 Å². The molecule has 0 spiro atoms. The zero-order valence-corrected chi connectivity index (χ0v) is 13.4. The number of amides is 1. The summed E-state index contributed by atoms with van der Waals surface area (Å²) in [5.74, 6) is -0.252. The third kappa shape index (κ3) is 3.18. The normalized spacial score (nSPS) is 14.2. The first-order valence-corrected chi connectivity index (χ1v) is 7.87. The summed E-state index contributed by atoms with van der Waals surface area (Å²) in [6.07, 6.45) is 3.78. The van der Waals surface area contributed by atoms with Crippen LogP contribution in [-0.2, 0) is 0 Å². The summed E-state index contributed by atoms with van der Waals surface area (Å²) >= 11 is 11.7. The lowest BCUT2D eigenvalue weighted by Gasteiger charge is -2.21. The Balaban J connectivity index is 1.83. The maximum atomic E-state index is 12.4. The molecule has 1 aromatic carbocycles. The van der Waals surface area contributed by atoms with E-state index in [4.69, 9.17) is 23.2 Å². The highest BCUT2D eigenvalue weighted by atomic mass is 35.5. The summed E-state index contributed by atoms with van der Waals surface area (Å²) in [5.41, 5.74) is 2.22. The number of anilines is 2. The van der Waals surface area contributed by atoms with Crippen LogP contribution in [0.1, 0.15) is 23.2 Å². The maximum absolute atomic E-state index is 12.4. The molecule has 2 aromatic rings. The highest BCUT2D eigenvalue weighted by Gasteiger charge is 2.17. The Morgan fingerprint density at radius 2 is 1.91 bits per heavy atom. The van der Waals surface area contributed by atoms with Gasteiger partial charge in [-0.3, -0.25) is 4.79 Å². The van der Waals surface area contributed by atoms with Gasteiger partial charge in [-0.2, -0.15) is 0 Å². The Hall–Kier alpha value is -1.78. The largest absolute Gasteiger partial charge is 0.370 e. The van der Waals surface area contributed by atoms with Crippen molar-refractivity contribution in [2.75, 3.05) is 23.3 Å². The van der Waals surface area contributed by atoms with Crippen molar-refractivity contribution in [2.45, 2.75) is 12.8 Å². The van der Waals surface area contributed by atoms with Crippen molar-refractivity contribution in [3.8, 4) is 0 Å². The molecule has 0 bridgehead atoms. The Labute approximate surface area is 139 Å². The second-order valence-electron chi connectivity index (χ2n) is 5.16. The summed E-state index contributed by atoms with van der Waals surface area (Å²) in [4.78, 5) is 18.6. The Kier molecular flexibility index (Phi) is 4.50. The minimum atomic E-state index is -0.252. The van der Waals surface area contributed by atoms with Crippen molar-refractivity contribution in [2.24, 2.45) is 0 Å². The quantitative estimate of drug-likeness (QED) is 0.853. The van der Waals surface area contributed by atoms with Crippen molar-refractivity contribution in [1.82, 2.24) is 4.98 Å². The van der Waals surface area contributed by atoms with Gasteiger partial charge in [0, 0.05) is 19.3 Å². The van der Waals surface area contributed by atoms with Crippen LogP contribution in [0.4, 0.5) is 11.4 Å². The number of para-hydroxylation sites is 2. The standard InChI is InChI=1S/C16H15Cl2N3O/c17-12-9-11(10-19-15(12)18)16(22)20-13-5-1-2-6-14(13)21-7-3-4-8-21/h1-2,5-6,9-10H,3-4,7-8H2,(H,20,22). The van der Waals surface area contributed by atoms with Crippen LogP contribution in [0.5, 0.6) is 0 Å². The summed E-state index contributed by atoms with van der Waals surface area (Å²) in [6, 6.07) is 9.32. The van der Waals surface area contributed by atoms with Crippen LogP contribution in [0.25, 0.3) is 0 Å². The average molecular weight is 336 g/mol. The van der Waals surface area contributed by atoms with E-state index in [1.807, 2.05) is 24.3 Å². The van der Waals surface area contributed by atoms with Gasteiger partial charge in [0.1, 0.15) is 5.15 Å². The Morgan fingerprint density at radius 1 is 1.18 bits per heavy atom. The molecular formula is C16H15Cl2N3O. The first-order chi connectivity index (χ1) is 10.6. The van der Waals surface area contributed by atoms with Gasteiger partial charge in [0.25, 0.3) is 5.91 Å². The number of nitrogens with one attached hydrogen (secondary N) is 1. The van der Waals surface area contributed by atoms with E-state index in [0.717, 1.165) is 24.5 Å². The SMILES string of the molecule is O=C(Nc1ccccc1N1CCCC1)c1cnc(Cl)c(Cl)c1. The predicted octanol–water partition coefficient (Wildman–Crippen LogP) is 4.24. The van der Waals surface area contributed by atoms with Crippen LogP contribution in [0.15, 0.2) is 36.5 Å². The number of benzene rings is 1. The number of pyridine rings is 1. The zero-order chi connectivity index (χ0) is 15.5. The van der Waals surface area contributed by atoms with Crippen LogP contribution < -0.4 is 10.2 Å². The zero-order valence-electron chi connectivity index (χ0n) is 11.9. The molecule has 0 unspecified atom stereocenters. The molecule has 0 aliphatic carbocycles. The number of hydrogen-bond acceptors (Lipinski definition) is 3. The molecule has 1 fully saturated rings. The number of aromatic nitrogens is 1. The molecule has 3 rings (SSSR count). The van der Waals surface area contributed by atoms with Gasteiger partial charge < -0.3 is 10.2 Å². The highest BCUT2D eigenvalue weighted by Crippen LogP contribution is 2.29. The van der Waals surface area contributed by atoms with E-state index in [2.05, 4.69) is 15.2 Å². The van der Waals surface area contributed by atoms with E-state index in [1.54, 1.807) is 0 Å². The van der Waals surface area contributed by atoms with E-state index in [0.29, 0.717) is 5.56 Å². The van der Waals surface area contributed by atoms with E-state index in [1.165, 1.54) is 25.1 Å². The summed E-state index contributed by atoms with van der Waals surface area (Å²) in [6.45, 7) is 2.03. The topological polar surface area (TPSA) is 45.2 Å². The number of nitrogens with zero attached hydrogens (tertiary/aromatic N) is 2. The second-order valence-corrected chi connectivity index (χ2v) is 5.93. The molecule has 0 saturated carbocycles. The molecule has 0 atom stereocenters. The Bertz CT molecular complexity index is 700. The smallest absolute Gasteiger partial charge is 0.257 e. The van der Waals surface area contributed by atoms with E-state index in [9.17, 15) is 4.79 Å². The molecule has 22 heavy (non-hydrogen) atoms. The molecule has 6 heteroatoms. The van der Waals surface area contributed by atoms with Crippen molar-refractivity contribution in [3.05, 3.63) is 52.3 Å². The fourth-order valence-corrected chi connectivity index (χ4v) is 2.82. The number of carbonyl (C=O) groups is 1. The minimum absolute atomic E-state index is 0.190. The van der Waals surface area contributed by atoms with Gasteiger partial charge >= 0.3 is 0 Å². The molecule has 1 N–H and O–H groups in total. The van der Waals surface area contributed by atoms with Crippen molar-refractivity contribution >= 4 is 40.5 Å². The molecule has 1 aliphatic heterocycles. The second kappa shape index (κ2) is 6.55. The lowest BCUT2D eigenvalue weighted by molar-refractivity contribution is 0.102. The van der Waals surface area contributed by atoms with Crippen molar-refractivity contribution in [3.63, 3.8) is 0 Å². The number of halogens is 2. The summed E-state index contributed by atoms with van der Waals surface area (Å²) in [5, 5.41) is 3.38. The van der Waals surface area contributed by atoms with Gasteiger partial charge in [0.15, 0.2) is 0 Å². The van der Waals surface area contributed by atoms with E-state index in [-0.39, 0.29) is 16.1 Å². The lowest BCUT2D eigenvalue weighted by atomic mass is 10.2. The fourth-order valence-electron chi connectivity index (χ4n) is 2.55. The molecule has 114 valence electrons. The minimum Gasteiger partial charge on any atom is -0.370 e. The molecule has 2 heterocycles. The lowest BCUT2D eigenvalue weighted by Crippen LogP contribution is -2.21. The maximum Gasteiger partial charge on any atom is 0.257 e. The monoisotopic (exact) mass is 335 g/mol. The number of hydrogen-bond donors (Lipinski definition) is 1. The van der Waals surface area contributed by atoms with Gasteiger partial charge in [0.2, 0.25) is 0 Å². The van der Waals surface area contributed by atoms with Crippen LogP contribution in [-0.4, -0.2) is 24.0 Å². The van der Waals surface area contributed by atoms with Gasteiger partial charge in [-0.1, -0.05) is 35.3 Å². The van der Waals surface area contributed by atoms with Crippen LogP contribution in [0.2, 0.25) is 10.2 Å². The average Bonchev–Trinajstić information content (AvgIpc) is 3.04. The van der Waals surface area contributed by atoms with E-state index >= 15 is 0 Å². The summed E-state index contributed by atoms with van der Waals surface area (Å²) in [7, 11) is 0. The fraction of sp³-hybridized carbons (Fsp3) is 0.250. The van der Waals surface area contributed by atoms with Crippen molar-refractivity contribution in [1.29, 1.82) is 0 Å². The molecule has 1 amide bonds. The predicted molar refractivity (Wildman–Crippen MR) is 90.1 cm³/mol. The molecule has 1 saturated heterocycles. The number of rotatable bonds is 3. The van der Waals surface area contributed by atoms with Gasteiger partial charge in [-0.15, -0.1) is 0 Å². The molecule has 1 aliphatic rings. The molecule has 4 nitrogen and oxygen atoms in total. The molecule has 1 aromatic heterocycles. The number of carbonyl (C=O) groups excluding carboxylic acids is 1. The molecular weight excluding hydrogens is 321 g/mol. The molecule has 0 radical (unpaired) electrons. The van der Waals surface area contributed by atoms with Gasteiger partial charge in [-0.05, 0) is 31.0 Å². The first-order valence-electron chi connectivity index (χ1n) is 7.11. The third-order valence-corrected chi connectivity index (χ3v) is 4.34. The third-order valence-electron chi connectivity index (χ3n) is 3.66.